The van der Waals surface area contributed by atoms with Gasteiger partial charge in [-0.15, -0.1) is 22.9 Å². The van der Waals surface area contributed by atoms with Crippen molar-refractivity contribution in [3.63, 3.8) is 0 Å². The van der Waals surface area contributed by atoms with E-state index in [4.69, 9.17) is 16.7 Å². The predicted molar refractivity (Wildman–Crippen MR) is 47.1 cm³/mol. The van der Waals surface area contributed by atoms with Gasteiger partial charge in [-0.05, 0) is 6.42 Å². The molecule has 4 heteroatoms. The molecule has 0 saturated heterocycles. The van der Waals surface area contributed by atoms with Gasteiger partial charge in [0.1, 0.15) is 0 Å². The van der Waals surface area contributed by atoms with E-state index in [1.54, 1.807) is 11.3 Å². The van der Waals surface area contributed by atoms with Crippen molar-refractivity contribution in [2.45, 2.75) is 18.7 Å². The molecule has 0 aliphatic rings. The molecular weight excluding hydrogens is 182 g/mol. The van der Waals surface area contributed by atoms with E-state index >= 15 is 0 Å². The molecular formula is C7H10ClNOS. The number of hydrogen-bond acceptors (Lipinski definition) is 3. The Balaban J connectivity index is 2.44. The number of aryl methyl sites for hydroxylation is 1. The summed E-state index contributed by atoms with van der Waals surface area (Å²) in [6, 6.07) is 0. The van der Waals surface area contributed by atoms with Crippen molar-refractivity contribution in [2.75, 3.05) is 6.61 Å². The zero-order chi connectivity index (χ0) is 8.10. The lowest BCUT2D eigenvalue weighted by atomic mass is 10.3. The summed E-state index contributed by atoms with van der Waals surface area (Å²) in [6.07, 6.45) is 1.65. The van der Waals surface area contributed by atoms with Crippen molar-refractivity contribution in [3.8, 4) is 0 Å². The highest BCUT2D eigenvalue weighted by atomic mass is 35.5. The van der Waals surface area contributed by atoms with Crippen LogP contribution in [0.5, 0.6) is 0 Å². The van der Waals surface area contributed by atoms with Crippen LogP contribution in [0.2, 0.25) is 0 Å². The first-order valence-electron chi connectivity index (χ1n) is 3.47. The SMILES string of the molecule is OCCCc1nc(CCl)cs1. The fourth-order valence-electron chi connectivity index (χ4n) is 0.755. The molecule has 11 heavy (non-hydrogen) atoms. The first-order chi connectivity index (χ1) is 5.36. The summed E-state index contributed by atoms with van der Waals surface area (Å²) in [6.45, 7) is 0.232. The van der Waals surface area contributed by atoms with E-state index in [0.717, 1.165) is 23.5 Å². The van der Waals surface area contributed by atoms with Gasteiger partial charge in [-0.1, -0.05) is 0 Å². The molecule has 0 radical (unpaired) electrons. The minimum Gasteiger partial charge on any atom is -0.396 e. The molecule has 1 N–H and O–H groups in total. The lowest BCUT2D eigenvalue weighted by Crippen LogP contribution is -1.88. The zero-order valence-electron chi connectivity index (χ0n) is 6.09. The minimum absolute atomic E-state index is 0.232. The maximum absolute atomic E-state index is 8.54. The lowest BCUT2D eigenvalue weighted by molar-refractivity contribution is 0.288. The van der Waals surface area contributed by atoms with Crippen LogP contribution in [0.4, 0.5) is 0 Å². The fraction of sp³-hybridized carbons (Fsp3) is 0.571. The summed E-state index contributed by atoms with van der Waals surface area (Å²) in [4.78, 5) is 4.24. The van der Waals surface area contributed by atoms with E-state index in [9.17, 15) is 0 Å². The molecule has 0 bridgehead atoms. The number of aliphatic hydroxyl groups excluding tert-OH is 1. The quantitative estimate of drug-likeness (QED) is 0.737. The van der Waals surface area contributed by atoms with Crippen LogP contribution < -0.4 is 0 Å². The fourth-order valence-corrected chi connectivity index (χ4v) is 1.82. The average molecular weight is 192 g/mol. The Morgan fingerprint density at radius 2 is 2.45 bits per heavy atom. The number of alkyl halides is 1. The van der Waals surface area contributed by atoms with Crippen molar-refractivity contribution in [3.05, 3.63) is 16.1 Å². The Morgan fingerprint density at radius 3 is 3.00 bits per heavy atom. The molecule has 1 aromatic heterocycles. The number of aliphatic hydroxyl groups is 1. The third-order valence-electron chi connectivity index (χ3n) is 1.28. The molecule has 2 nitrogen and oxygen atoms in total. The van der Waals surface area contributed by atoms with Gasteiger partial charge in [0.2, 0.25) is 0 Å². The van der Waals surface area contributed by atoms with E-state index in [2.05, 4.69) is 4.98 Å². The second kappa shape index (κ2) is 4.70. The Hall–Kier alpha value is -0.120. The molecule has 1 rings (SSSR count). The Bertz CT molecular complexity index is 214. The summed E-state index contributed by atoms with van der Waals surface area (Å²) in [5.74, 6) is 0.482. The molecule has 0 saturated carbocycles. The van der Waals surface area contributed by atoms with Gasteiger partial charge in [0.05, 0.1) is 16.6 Å². The molecule has 1 heterocycles. The summed E-state index contributed by atoms with van der Waals surface area (Å²) in [5, 5.41) is 11.6. The maximum atomic E-state index is 8.54. The molecule has 0 spiro atoms. The number of aromatic nitrogens is 1. The molecule has 62 valence electrons. The molecule has 0 fully saturated rings. The minimum atomic E-state index is 0.232. The normalized spacial score (nSPS) is 10.4. The van der Waals surface area contributed by atoms with Crippen LogP contribution in [0.25, 0.3) is 0 Å². The molecule has 0 unspecified atom stereocenters. The van der Waals surface area contributed by atoms with Gasteiger partial charge in [-0.3, -0.25) is 0 Å². The number of nitrogens with zero attached hydrogens (tertiary/aromatic N) is 1. The van der Waals surface area contributed by atoms with Gasteiger partial charge in [-0.25, -0.2) is 4.98 Å². The number of halogens is 1. The highest BCUT2D eigenvalue weighted by molar-refractivity contribution is 7.09. The van der Waals surface area contributed by atoms with E-state index in [-0.39, 0.29) is 6.61 Å². The van der Waals surface area contributed by atoms with E-state index in [0.29, 0.717) is 5.88 Å². The second-order valence-corrected chi connectivity index (χ2v) is 3.40. The predicted octanol–water partition coefficient (Wildman–Crippen LogP) is 1.81. The van der Waals surface area contributed by atoms with E-state index < -0.39 is 0 Å². The van der Waals surface area contributed by atoms with Crippen molar-refractivity contribution in [1.82, 2.24) is 4.98 Å². The monoisotopic (exact) mass is 191 g/mol. The Morgan fingerprint density at radius 1 is 1.64 bits per heavy atom. The topological polar surface area (TPSA) is 33.1 Å². The highest BCUT2D eigenvalue weighted by Gasteiger charge is 1.99. The first kappa shape index (κ1) is 8.97. The third kappa shape index (κ3) is 2.77. The van der Waals surface area contributed by atoms with Crippen molar-refractivity contribution in [1.29, 1.82) is 0 Å². The zero-order valence-corrected chi connectivity index (χ0v) is 7.66. The van der Waals surface area contributed by atoms with Crippen LogP contribution in [0.15, 0.2) is 5.38 Å². The van der Waals surface area contributed by atoms with E-state index in [1.807, 2.05) is 5.38 Å². The molecule has 0 aliphatic heterocycles. The summed E-state index contributed by atoms with van der Waals surface area (Å²) >= 11 is 7.18. The Kier molecular flexibility index (Phi) is 3.83. The molecule has 0 amide bonds. The van der Waals surface area contributed by atoms with Crippen molar-refractivity contribution in [2.24, 2.45) is 0 Å². The lowest BCUT2D eigenvalue weighted by Gasteiger charge is -1.90. The van der Waals surface area contributed by atoms with Crippen molar-refractivity contribution >= 4 is 22.9 Å². The van der Waals surface area contributed by atoms with Crippen LogP contribution in [0.1, 0.15) is 17.1 Å². The van der Waals surface area contributed by atoms with Crippen LogP contribution in [-0.4, -0.2) is 16.7 Å². The van der Waals surface area contributed by atoms with E-state index in [1.165, 1.54) is 0 Å². The maximum Gasteiger partial charge on any atom is 0.0929 e. The van der Waals surface area contributed by atoms with Crippen LogP contribution in [0.3, 0.4) is 0 Å². The van der Waals surface area contributed by atoms with Gasteiger partial charge in [-0.2, -0.15) is 0 Å². The smallest absolute Gasteiger partial charge is 0.0929 e. The van der Waals surface area contributed by atoms with Crippen molar-refractivity contribution < 1.29 is 5.11 Å². The number of hydrogen-bond donors (Lipinski definition) is 1. The van der Waals surface area contributed by atoms with Crippen LogP contribution in [-0.2, 0) is 12.3 Å². The van der Waals surface area contributed by atoms with Gasteiger partial charge in [0.15, 0.2) is 0 Å². The molecule has 0 aliphatic carbocycles. The van der Waals surface area contributed by atoms with Crippen LogP contribution in [0, 0.1) is 0 Å². The van der Waals surface area contributed by atoms with Gasteiger partial charge < -0.3 is 5.11 Å². The second-order valence-electron chi connectivity index (χ2n) is 2.19. The first-order valence-corrected chi connectivity index (χ1v) is 4.88. The van der Waals surface area contributed by atoms with Gasteiger partial charge in [0.25, 0.3) is 0 Å². The van der Waals surface area contributed by atoms with Gasteiger partial charge >= 0.3 is 0 Å². The summed E-state index contributed by atoms with van der Waals surface area (Å²) in [5.41, 5.74) is 0.935. The average Bonchev–Trinajstić information content (AvgIpc) is 2.48. The molecule has 0 atom stereocenters. The third-order valence-corrected chi connectivity index (χ3v) is 2.52. The summed E-state index contributed by atoms with van der Waals surface area (Å²) < 4.78 is 0. The van der Waals surface area contributed by atoms with Gasteiger partial charge in [0, 0.05) is 18.4 Å². The number of rotatable bonds is 4. The number of thiazole rings is 1. The highest BCUT2D eigenvalue weighted by Crippen LogP contribution is 2.12. The van der Waals surface area contributed by atoms with Crippen LogP contribution >= 0.6 is 22.9 Å². The molecule has 0 aromatic carbocycles. The largest absolute Gasteiger partial charge is 0.396 e. The Labute approximate surface area is 74.8 Å². The standard InChI is InChI=1S/C7H10ClNOS/c8-4-6-5-11-7(9-6)2-1-3-10/h5,10H,1-4H2. The summed E-state index contributed by atoms with van der Waals surface area (Å²) in [7, 11) is 0. The molecule has 1 aromatic rings.